The van der Waals surface area contributed by atoms with Crippen molar-refractivity contribution in [1.29, 1.82) is 0 Å². The fourth-order valence-electron chi connectivity index (χ4n) is 3.45. The molecule has 2 N–H and O–H groups in total. The quantitative estimate of drug-likeness (QED) is 0.492. The number of hydrogen-bond donors (Lipinski definition) is 1. The minimum Gasteiger partial charge on any atom is -0.379 e. The molecule has 0 spiro atoms. The molecule has 0 fully saturated rings. The van der Waals surface area contributed by atoms with E-state index in [1.54, 1.807) is 0 Å². The largest absolute Gasteiger partial charge is 0.379 e. The van der Waals surface area contributed by atoms with Gasteiger partial charge >= 0.3 is 0 Å². The van der Waals surface area contributed by atoms with Crippen LogP contribution in [0.4, 0.5) is 0 Å². The Morgan fingerprint density at radius 2 is 2.17 bits per heavy atom. The van der Waals surface area contributed by atoms with Gasteiger partial charge in [-0.05, 0) is 61.3 Å². The molecular formula is C21H33NO2. The van der Waals surface area contributed by atoms with Crippen LogP contribution in [0.3, 0.4) is 0 Å². The number of nitrogens with two attached hydrogens (primary N) is 1. The molecule has 0 saturated heterocycles. The van der Waals surface area contributed by atoms with E-state index in [1.165, 1.54) is 29.5 Å². The summed E-state index contributed by atoms with van der Waals surface area (Å²) in [7, 11) is 0. The van der Waals surface area contributed by atoms with Crippen LogP contribution in [0, 0.1) is 0 Å². The molecule has 2 rings (SSSR count). The Morgan fingerprint density at radius 1 is 1.29 bits per heavy atom. The summed E-state index contributed by atoms with van der Waals surface area (Å²) in [4.78, 5) is 0. The molecule has 0 radical (unpaired) electrons. The molecular weight excluding hydrogens is 298 g/mol. The number of aryl methyl sites for hydroxylation is 1. The standard InChI is InChI=1S/C21H33NO2/c1-3-5-11-23-12-13-24-21-10-9-17-14-18(7-8-19(17)15-21)20(16-22)6-4-2/h3,7-8,14,20-21H,1,4-6,9-13,15-16,22H2,2H3. The lowest BCUT2D eigenvalue weighted by Gasteiger charge is -2.26. The van der Waals surface area contributed by atoms with Crippen LogP contribution in [0.2, 0.25) is 0 Å². The zero-order valence-corrected chi connectivity index (χ0v) is 15.1. The molecule has 2 atom stereocenters. The van der Waals surface area contributed by atoms with Crippen LogP contribution in [0.5, 0.6) is 0 Å². The van der Waals surface area contributed by atoms with Gasteiger partial charge in [-0.25, -0.2) is 0 Å². The Hall–Kier alpha value is -1.16. The molecule has 1 aromatic carbocycles. The van der Waals surface area contributed by atoms with Crippen LogP contribution in [-0.4, -0.2) is 32.5 Å². The Morgan fingerprint density at radius 3 is 2.92 bits per heavy atom. The summed E-state index contributed by atoms with van der Waals surface area (Å²) in [6.45, 7) is 8.75. The van der Waals surface area contributed by atoms with Gasteiger partial charge in [0.05, 0.1) is 25.9 Å². The lowest BCUT2D eigenvalue weighted by molar-refractivity contribution is 0.000427. The molecule has 3 nitrogen and oxygen atoms in total. The van der Waals surface area contributed by atoms with Crippen molar-refractivity contribution >= 4 is 0 Å². The van der Waals surface area contributed by atoms with Crippen molar-refractivity contribution in [3.8, 4) is 0 Å². The number of fused-ring (bicyclic) bond motifs is 1. The Labute approximate surface area is 147 Å². The molecule has 0 saturated carbocycles. The zero-order valence-electron chi connectivity index (χ0n) is 15.1. The van der Waals surface area contributed by atoms with Crippen LogP contribution in [0.25, 0.3) is 0 Å². The minimum atomic E-state index is 0.326. The van der Waals surface area contributed by atoms with Crippen LogP contribution in [0.1, 0.15) is 55.2 Å². The first kappa shape index (κ1) is 19.2. The Kier molecular flexibility index (Phi) is 8.51. The number of rotatable bonds is 11. The Balaban J connectivity index is 1.82. The highest BCUT2D eigenvalue weighted by Crippen LogP contribution is 2.28. The smallest absolute Gasteiger partial charge is 0.0704 e. The summed E-state index contributed by atoms with van der Waals surface area (Å²) in [5.41, 5.74) is 10.3. The van der Waals surface area contributed by atoms with Gasteiger partial charge in [0.15, 0.2) is 0 Å². The molecule has 0 aliphatic heterocycles. The predicted molar refractivity (Wildman–Crippen MR) is 101 cm³/mol. The van der Waals surface area contributed by atoms with Crippen molar-refractivity contribution in [2.45, 2.75) is 57.5 Å². The zero-order chi connectivity index (χ0) is 17.2. The molecule has 24 heavy (non-hydrogen) atoms. The van der Waals surface area contributed by atoms with Gasteiger partial charge in [-0.1, -0.05) is 37.6 Å². The van der Waals surface area contributed by atoms with E-state index >= 15 is 0 Å². The maximum absolute atomic E-state index is 5.99. The Bertz CT molecular complexity index is 501. The molecule has 2 unspecified atom stereocenters. The van der Waals surface area contributed by atoms with E-state index in [1.807, 2.05) is 6.08 Å². The van der Waals surface area contributed by atoms with Gasteiger partial charge in [0.2, 0.25) is 0 Å². The van der Waals surface area contributed by atoms with Crippen molar-refractivity contribution < 1.29 is 9.47 Å². The lowest BCUT2D eigenvalue weighted by Crippen LogP contribution is -2.24. The summed E-state index contributed by atoms with van der Waals surface area (Å²) in [5, 5.41) is 0. The van der Waals surface area contributed by atoms with E-state index in [4.69, 9.17) is 15.2 Å². The molecule has 1 aliphatic carbocycles. The fourth-order valence-corrected chi connectivity index (χ4v) is 3.45. The maximum Gasteiger partial charge on any atom is 0.0704 e. The molecule has 0 aromatic heterocycles. The van der Waals surface area contributed by atoms with E-state index in [0.29, 0.717) is 25.2 Å². The average Bonchev–Trinajstić information content (AvgIpc) is 2.62. The van der Waals surface area contributed by atoms with Crippen LogP contribution >= 0.6 is 0 Å². The van der Waals surface area contributed by atoms with E-state index in [-0.39, 0.29) is 0 Å². The van der Waals surface area contributed by atoms with E-state index in [9.17, 15) is 0 Å². The molecule has 1 aliphatic rings. The third-order valence-corrected chi connectivity index (χ3v) is 4.85. The summed E-state index contributed by atoms with van der Waals surface area (Å²) >= 11 is 0. The van der Waals surface area contributed by atoms with Gasteiger partial charge in [0.1, 0.15) is 0 Å². The van der Waals surface area contributed by atoms with Gasteiger partial charge in [-0.2, -0.15) is 0 Å². The first-order valence-electron chi connectivity index (χ1n) is 9.40. The summed E-state index contributed by atoms with van der Waals surface area (Å²) < 4.78 is 11.5. The van der Waals surface area contributed by atoms with Crippen LogP contribution < -0.4 is 5.73 Å². The molecule has 134 valence electrons. The second-order valence-electron chi connectivity index (χ2n) is 6.67. The summed E-state index contributed by atoms with van der Waals surface area (Å²) in [6.07, 6.45) is 8.69. The average molecular weight is 332 g/mol. The van der Waals surface area contributed by atoms with Gasteiger partial charge in [0.25, 0.3) is 0 Å². The monoisotopic (exact) mass is 331 g/mol. The first-order valence-corrected chi connectivity index (χ1v) is 9.40. The SMILES string of the molecule is C=CCCOCCOC1CCc2cc(C(CN)CCC)ccc2C1. The van der Waals surface area contributed by atoms with Crippen molar-refractivity contribution in [1.82, 2.24) is 0 Å². The molecule has 0 bridgehead atoms. The van der Waals surface area contributed by atoms with E-state index in [0.717, 1.165) is 38.8 Å². The minimum absolute atomic E-state index is 0.326. The second kappa shape index (κ2) is 10.7. The predicted octanol–water partition coefficient (Wildman–Crippen LogP) is 4.00. The van der Waals surface area contributed by atoms with Gasteiger partial charge in [0, 0.05) is 0 Å². The number of ether oxygens (including phenoxy) is 2. The van der Waals surface area contributed by atoms with Gasteiger partial charge < -0.3 is 15.2 Å². The maximum atomic E-state index is 5.99. The second-order valence-corrected chi connectivity index (χ2v) is 6.67. The highest BCUT2D eigenvalue weighted by atomic mass is 16.5. The highest BCUT2D eigenvalue weighted by molar-refractivity contribution is 5.36. The lowest BCUT2D eigenvalue weighted by atomic mass is 9.85. The summed E-state index contributed by atoms with van der Waals surface area (Å²) in [5.74, 6) is 0.502. The number of benzene rings is 1. The first-order chi connectivity index (χ1) is 11.8. The van der Waals surface area contributed by atoms with Crippen LogP contribution in [-0.2, 0) is 22.3 Å². The normalized spacial score (nSPS) is 18.2. The number of hydrogen-bond acceptors (Lipinski definition) is 3. The van der Waals surface area contributed by atoms with E-state index in [2.05, 4.69) is 31.7 Å². The van der Waals surface area contributed by atoms with Crippen molar-refractivity contribution in [3.05, 3.63) is 47.5 Å². The van der Waals surface area contributed by atoms with Crippen molar-refractivity contribution in [2.24, 2.45) is 5.73 Å². The molecule has 1 aromatic rings. The van der Waals surface area contributed by atoms with E-state index < -0.39 is 0 Å². The molecule has 0 heterocycles. The van der Waals surface area contributed by atoms with Crippen LogP contribution in [0.15, 0.2) is 30.9 Å². The third-order valence-electron chi connectivity index (χ3n) is 4.85. The van der Waals surface area contributed by atoms with Crippen molar-refractivity contribution in [2.75, 3.05) is 26.4 Å². The third kappa shape index (κ3) is 5.73. The highest BCUT2D eigenvalue weighted by Gasteiger charge is 2.20. The van der Waals surface area contributed by atoms with Gasteiger partial charge in [-0.15, -0.1) is 6.58 Å². The molecule has 0 amide bonds. The van der Waals surface area contributed by atoms with Gasteiger partial charge in [-0.3, -0.25) is 0 Å². The fraction of sp³-hybridized carbons (Fsp3) is 0.619. The van der Waals surface area contributed by atoms with Crippen molar-refractivity contribution in [3.63, 3.8) is 0 Å². The summed E-state index contributed by atoms with van der Waals surface area (Å²) in [6, 6.07) is 6.95. The topological polar surface area (TPSA) is 44.5 Å². The molecule has 3 heteroatoms.